The molecule has 1 aliphatic heterocycles. The molecule has 3 rings (SSSR count). The fraction of sp³-hybridized carbons (Fsp3) is 0.353. The Labute approximate surface area is 138 Å². The van der Waals surface area contributed by atoms with E-state index in [1.54, 1.807) is 6.92 Å². The Balaban J connectivity index is 1.50. The van der Waals surface area contributed by atoms with E-state index in [-0.39, 0.29) is 11.9 Å². The molecule has 7 nitrogen and oxygen atoms in total. The van der Waals surface area contributed by atoms with Gasteiger partial charge in [0.25, 0.3) is 5.91 Å². The normalized spacial score (nSPS) is 18.2. The van der Waals surface area contributed by atoms with E-state index in [4.69, 9.17) is 9.15 Å². The maximum Gasteiger partial charge on any atom is 0.329 e. The van der Waals surface area contributed by atoms with Crippen LogP contribution in [0.2, 0.25) is 0 Å². The van der Waals surface area contributed by atoms with Crippen LogP contribution in [0.4, 0.5) is 0 Å². The smallest absolute Gasteiger partial charge is 0.329 e. The van der Waals surface area contributed by atoms with E-state index >= 15 is 0 Å². The van der Waals surface area contributed by atoms with E-state index in [2.05, 4.69) is 10.6 Å². The van der Waals surface area contributed by atoms with Gasteiger partial charge in [0.2, 0.25) is 5.91 Å². The fourth-order valence-corrected chi connectivity index (χ4v) is 2.60. The second-order valence-corrected chi connectivity index (χ2v) is 5.74. The highest BCUT2D eigenvalue weighted by atomic mass is 16.5. The van der Waals surface area contributed by atoms with Crippen molar-refractivity contribution in [1.29, 1.82) is 0 Å². The Kier molecular flexibility index (Phi) is 4.50. The van der Waals surface area contributed by atoms with Crippen LogP contribution < -0.4 is 10.6 Å². The summed E-state index contributed by atoms with van der Waals surface area (Å²) >= 11 is 0. The van der Waals surface area contributed by atoms with Gasteiger partial charge in [-0.3, -0.25) is 9.59 Å². The highest BCUT2D eigenvalue weighted by Crippen LogP contribution is 2.23. The van der Waals surface area contributed by atoms with Crippen molar-refractivity contribution in [1.82, 2.24) is 10.6 Å². The Hall–Kier alpha value is -2.83. The number of esters is 1. The van der Waals surface area contributed by atoms with Crippen molar-refractivity contribution in [3.05, 3.63) is 36.1 Å². The molecule has 0 bridgehead atoms. The van der Waals surface area contributed by atoms with E-state index in [1.807, 2.05) is 30.3 Å². The molecule has 2 atom stereocenters. The second kappa shape index (κ2) is 6.74. The minimum Gasteiger partial charge on any atom is -0.459 e. The third kappa shape index (κ3) is 3.56. The van der Waals surface area contributed by atoms with Gasteiger partial charge in [-0.05, 0) is 25.5 Å². The van der Waals surface area contributed by atoms with Crippen LogP contribution in [0.1, 0.15) is 31.6 Å². The number of hydrogen-bond acceptors (Lipinski definition) is 5. The van der Waals surface area contributed by atoms with Crippen LogP contribution in [0.5, 0.6) is 0 Å². The number of amides is 2. The highest BCUT2D eigenvalue weighted by molar-refractivity contribution is 5.89. The zero-order valence-corrected chi connectivity index (χ0v) is 13.2. The first-order chi connectivity index (χ1) is 11.5. The number of para-hydroxylation sites is 1. The van der Waals surface area contributed by atoms with E-state index in [0.29, 0.717) is 18.6 Å². The van der Waals surface area contributed by atoms with Crippen molar-refractivity contribution in [3.63, 3.8) is 0 Å². The average molecular weight is 330 g/mol. The summed E-state index contributed by atoms with van der Waals surface area (Å²) in [6.45, 7) is 1.39. The quantitative estimate of drug-likeness (QED) is 0.808. The maximum absolute atomic E-state index is 11.9. The molecular formula is C17H18N2O5. The number of carbonyl (C=O) groups excluding carboxylic acids is 3. The molecule has 1 fully saturated rings. The molecule has 1 aromatic heterocycles. The van der Waals surface area contributed by atoms with Crippen LogP contribution >= 0.6 is 0 Å². The molecule has 1 aliphatic rings. The van der Waals surface area contributed by atoms with Crippen LogP contribution in [0.3, 0.4) is 0 Å². The number of fused-ring (bicyclic) bond motifs is 1. The molecule has 2 N–H and O–H groups in total. The first-order valence-electron chi connectivity index (χ1n) is 7.77. The van der Waals surface area contributed by atoms with Crippen LogP contribution in [0, 0.1) is 0 Å². The molecule has 7 heteroatoms. The lowest BCUT2D eigenvalue weighted by Gasteiger charge is -2.13. The molecule has 0 radical (unpaired) electrons. The van der Waals surface area contributed by atoms with Crippen molar-refractivity contribution in [3.8, 4) is 0 Å². The minimum absolute atomic E-state index is 0.181. The topological polar surface area (TPSA) is 97.6 Å². The zero-order chi connectivity index (χ0) is 17.1. The van der Waals surface area contributed by atoms with Crippen molar-refractivity contribution >= 4 is 28.8 Å². The van der Waals surface area contributed by atoms with Gasteiger partial charge >= 0.3 is 5.97 Å². The van der Waals surface area contributed by atoms with Crippen LogP contribution in [-0.4, -0.2) is 30.4 Å². The number of hydrogen-bond donors (Lipinski definition) is 2. The van der Waals surface area contributed by atoms with Gasteiger partial charge in [-0.25, -0.2) is 4.79 Å². The average Bonchev–Trinajstić information content (AvgIpc) is 3.18. The van der Waals surface area contributed by atoms with Crippen molar-refractivity contribution in [2.75, 3.05) is 6.61 Å². The SMILES string of the molecule is C[C@@H](NC(=O)COC(=O)[C@H]1CCC(=O)N1)c1cc2ccccc2o1. The van der Waals surface area contributed by atoms with Crippen LogP contribution in [0.25, 0.3) is 11.0 Å². The van der Waals surface area contributed by atoms with Gasteiger partial charge in [0.05, 0.1) is 6.04 Å². The number of furan rings is 1. The van der Waals surface area contributed by atoms with Crippen LogP contribution in [0.15, 0.2) is 34.7 Å². The molecule has 126 valence electrons. The lowest BCUT2D eigenvalue weighted by Crippen LogP contribution is -2.37. The van der Waals surface area contributed by atoms with E-state index in [1.165, 1.54) is 0 Å². The van der Waals surface area contributed by atoms with Gasteiger partial charge in [0.15, 0.2) is 6.61 Å². The molecule has 2 amide bonds. The number of benzene rings is 1. The largest absolute Gasteiger partial charge is 0.459 e. The van der Waals surface area contributed by atoms with Gasteiger partial charge in [-0.1, -0.05) is 18.2 Å². The molecule has 0 aliphatic carbocycles. The number of rotatable bonds is 5. The monoisotopic (exact) mass is 330 g/mol. The second-order valence-electron chi connectivity index (χ2n) is 5.74. The Morgan fingerprint density at radius 3 is 2.92 bits per heavy atom. The van der Waals surface area contributed by atoms with Crippen molar-refractivity contribution < 1.29 is 23.5 Å². The first kappa shape index (κ1) is 16.0. The Bertz CT molecular complexity index is 749. The van der Waals surface area contributed by atoms with E-state index in [0.717, 1.165) is 11.0 Å². The summed E-state index contributed by atoms with van der Waals surface area (Å²) in [7, 11) is 0. The lowest BCUT2D eigenvalue weighted by molar-refractivity contribution is -0.150. The fourth-order valence-electron chi connectivity index (χ4n) is 2.60. The zero-order valence-electron chi connectivity index (χ0n) is 13.2. The summed E-state index contributed by atoms with van der Waals surface area (Å²) < 4.78 is 10.6. The Morgan fingerprint density at radius 2 is 2.21 bits per heavy atom. The van der Waals surface area contributed by atoms with Gasteiger partial charge in [-0.15, -0.1) is 0 Å². The summed E-state index contributed by atoms with van der Waals surface area (Å²) in [5, 5.41) is 6.17. The van der Waals surface area contributed by atoms with Crippen molar-refractivity contribution in [2.24, 2.45) is 0 Å². The number of nitrogens with one attached hydrogen (secondary N) is 2. The number of carbonyl (C=O) groups is 3. The molecular weight excluding hydrogens is 312 g/mol. The predicted molar refractivity (Wildman–Crippen MR) is 84.9 cm³/mol. The minimum atomic E-state index is -0.655. The van der Waals surface area contributed by atoms with E-state index in [9.17, 15) is 14.4 Å². The van der Waals surface area contributed by atoms with Gasteiger partial charge in [-0.2, -0.15) is 0 Å². The third-order valence-electron chi connectivity index (χ3n) is 3.87. The van der Waals surface area contributed by atoms with Gasteiger partial charge in [0.1, 0.15) is 17.4 Å². The summed E-state index contributed by atoms with van der Waals surface area (Å²) in [6, 6.07) is 8.42. The maximum atomic E-state index is 11.9. The molecule has 1 aromatic carbocycles. The summed E-state index contributed by atoms with van der Waals surface area (Å²) in [5.74, 6) is -0.577. The lowest BCUT2D eigenvalue weighted by atomic mass is 10.2. The molecule has 0 saturated carbocycles. The predicted octanol–water partition coefficient (Wildman–Crippen LogP) is 1.43. The molecule has 0 spiro atoms. The molecule has 1 saturated heterocycles. The Morgan fingerprint density at radius 1 is 1.42 bits per heavy atom. The van der Waals surface area contributed by atoms with E-state index < -0.39 is 24.5 Å². The van der Waals surface area contributed by atoms with Crippen LogP contribution in [-0.2, 0) is 19.1 Å². The number of ether oxygens (including phenoxy) is 1. The summed E-state index contributed by atoms with van der Waals surface area (Å²) in [5.41, 5.74) is 0.747. The summed E-state index contributed by atoms with van der Waals surface area (Å²) in [4.78, 5) is 34.7. The van der Waals surface area contributed by atoms with Crippen molar-refractivity contribution in [2.45, 2.75) is 31.8 Å². The molecule has 24 heavy (non-hydrogen) atoms. The van der Waals surface area contributed by atoms with Gasteiger partial charge < -0.3 is 19.8 Å². The molecule has 2 heterocycles. The molecule has 2 aromatic rings. The third-order valence-corrected chi connectivity index (χ3v) is 3.87. The first-order valence-corrected chi connectivity index (χ1v) is 7.77. The standard InChI is InChI=1S/C17H18N2O5/c1-10(14-8-11-4-2-3-5-13(11)24-14)18-16(21)9-23-17(22)12-6-7-15(20)19-12/h2-5,8,10,12H,6-7,9H2,1H3,(H,18,21)(H,19,20)/t10-,12-/m1/s1. The van der Waals surface area contributed by atoms with Gasteiger partial charge in [0, 0.05) is 11.8 Å². The highest BCUT2D eigenvalue weighted by Gasteiger charge is 2.29. The summed E-state index contributed by atoms with van der Waals surface area (Å²) in [6.07, 6.45) is 0.698. The molecule has 0 unspecified atom stereocenters.